The van der Waals surface area contributed by atoms with Gasteiger partial charge in [0, 0.05) is 26.2 Å². The Hall–Kier alpha value is -1.75. The van der Waals surface area contributed by atoms with Crippen LogP contribution in [-0.4, -0.2) is 42.3 Å². The van der Waals surface area contributed by atoms with Crippen molar-refractivity contribution >= 4 is 6.03 Å². The van der Waals surface area contributed by atoms with Crippen molar-refractivity contribution in [2.45, 2.75) is 46.6 Å². The molecule has 140 valence electrons. The molecule has 1 saturated heterocycles. The van der Waals surface area contributed by atoms with Crippen LogP contribution >= 0.6 is 0 Å². The van der Waals surface area contributed by atoms with Crippen LogP contribution < -0.4 is 10.1 Å². The van der Waals surface area contributed by atoms with Crippen molar-refractivity contribution in [2.24, 2.45) is 11.3 Å². The number of hydrogen-bond acceptors (Lipinski definition) is 3. The predicted octanol–water partition coefficient (Wildman–Crippen LogP) is 3.42. The Kier molecular flexibility index (Phi) is 7.12. The van der Waals surface area contributed by atoms with Gasteiger partial charge in [-0.1, -0.05) is 32.9 Å². The molecule has 5 heteroatoms. The molecule has 0 unspecified atom stereocenters. The summed E-state index contributed by atoms with van der Waals surface area (Å²) >= 11 is 0. The van der Waals surface area contributed by atoms with Crippen LogP contribution in [0.1, 0.15) is 45.6 Å². The van der Waals surface area contributed by atoms with E-state index in [0.717, 1.165) is 30.6 Å². The third-order valence-electron chi connectivity index (χ3n) is 5.15. The van der Waals surface area contributed by atoms with E-state index in [1.54, 1.807) is 0 Å². The van der Waals surface area contributed by atoms with Crippen molar-refractivity contribution in [1.82, 2.24) is 10.2 Å². The van der Waals surface area contributed by atoms with Gasteiger partial charge in [-0.15, -0.1) is 0 Å². The number of piperidine rings is 1. The van der Waals surface area contributed by atoms with Gasteiger partial charge in [0.15, 0.2) is 0 Å². The fourth-order valence-electron chi connectivity index (χ4n) is 3.06. The second-order valence-electron chi connectivity index (χ2n) is 7.51. The van der Waals surface area contributed by atoms with E-state index in [-0.39, 0.29) is 18.1 Å². The number of aliphatic hydroxyl groups is 1. The molecule has 0 atom stereocenters. The zero-order chi connectivity index (χ0) is 18.3. The molecular formula is C20H32N2O3. The van der Waals surface area contributed by atoms with Crippen molar-refractivity contribution in [3.63, 3.8) is 0 Å². The summed E-state index contributed by atoms with van der Waals surface area (Å²) in [6.45, 7) is 9.21. The molecule has 0 aromatic heterocycles. The average Bonchev–Trinajstić information content (AvgIpc) is 2.65. The summed E-state index contributed by atoms with van der Waals surface area (Å²) < 4.78 is 5.67. The number of benzene rings is 1. The number of rotatable bonds is 7. The summed E-state index contributed by atoms with van der Waals surface area (Å²) in [6.07, 6.45) is 2.70. The lowest BCUT2D eigenvalue weighted by atomic mass is 9.77. The molecular weight excluding hydrogens is 316 g/mol. The maximum atomic E-state index is 12.3. The van der Waals surface area contributed by atoms with Crippen molar-refractivity contribution in [2.75, 3.05) is 26.3 Å². The third-order valence-corrected chi connectivity index (χ3v) is 5.15. The maximum Gasteiger partial charge on any atom is 0.317 e. The number of hydrogen-bond donors (Lipinski definition) is 2. The normalized spacial score (nSPS) is 16.8. The SMILES string of the molecule is CCC1(CO)CCN(C(=O)NCc2ccc(OCC(C)C)cc2)CC1. The number of nitrogens with zero attached hydrogens (tertiary/aromatic N) is 1. The minimum Gasteiger partial charge on any atom is -0.493 e. The van der Waals surface area contributed by atoms with Gasteiger partial charge in [0.2, 0.25) is 0 Å². The molecule has 0 saturated carbocycles. The first-order valence-corrected chi connectivity index (χ1v) is 9.33. The second kappa shape index (κ2) is 9.09. The minimum atomic E-state index is -0.0252. The highest BCUT2D eigenvalue weighted by molar-refractivity contribution is 5.74. The van der Waals surface area contributed by atoms with Crippen LogP contribution in [0.3, 0.4) is 0 Å². The van der Waals surface area contributed by atoms with Crippen LogP contribution in [0.15, 0.2) is 24.3 Å². The van der Waals surface area contributed by atoms with Crippen LogP contribution in [0.25, 0.3) is 0 Å². The van der Waals surface area contributed by atoms with E-state index in [1.807, 2.05) is 29.2 Å². The molecule has 0 bridgehead atoms. The fraction of sp³-hybridized carbons (Fsp3) is 0.650. The van der Waals surface area contributed by atoms with Gasteiger partial charge in [-0.3, -0.25) is 0 Å². The van der Waals surface area contributed by atoms with Crippen molar-refractivity contribution in [1.29, 1.82) is 0 Å². The highest BCUT2D eigenvalue weighted by Gasteiger charge is 2.33. The van der Waals surface area contributed by atoms with E-state index >= 15 is 0 Å². The van der Waals surface area contributed by atoms with Gasteiger partial charge < -0.3 is 20.1 Å². The molecule has 1 aliphatic heterocycles. The van der Waals surface area contributed by atoms with E-state index in [4.69, 9.17) is 4.74 Å². The molecule has 1 aromatic carbocycles. The lowest BCUT2D eigenvalue weighted by Crippen LogP contribution is -2.48. The van der Waals surface area contributed by atoms with E-state index in [0.29, 0.717) is 32.2 Å². The molecule has 0 radical (unpaired) electrons. The van der Waals surface area contributed by atoms with Gasteiger partial charge in [0.1, 0.15) is 5.75 Å². The van der Waals surface area contributed by atoms with E-state index in [2.05, 4.69) is 26.1 Å². The number of amides is 2. The van der Waals surface area contributed by atoms with Gasteiger partial charge >= 0.3 is 6.03 Å². The maximum absolute atomic E-state index is 12.3. The van der Waals surface area contributed by atoms with E-state index in [1.165, 1.54) is 0 Å². The van der Waals surface area contributed by atoms with Gasteiger partial charge in [0.05, 0.1) is 6.61 Å². The Labute approximate surface area is 151 Å². The van der Waals surface area contributed by atoms with Gasteiger partial charge in [-0.2, -0.15) is 0 Å². The number of nitrogens with one attached hydrogen (secondary N) is 1. The summed E-state index contributed by atoms with van der Waals surface area (Å²) in [4.78, 5) is 14.2. The number of urea groups is 1. The number of aliphatic hydroxyl groups excluding tert-OH is 1. The molecule has 1 fully saturated rings. The monoisotopic (exact) mass is 348 g/mol. The Morgan fingerprint density at radius 3 is 2.44 bits per heavy atom. The summed E-state index contributed by atoms with van der Waals surface area (Å²) in [7, 11) is 0. The lowest BCUT2D eigenvalue weighted by molar-refractivity contribution is 0.0519. The van der Waals surface area contributed by atoms with Crippen molar-refractivity contribution in [3.05, 3.63) is 29.8 Å². The van der Waals surface area contributed by atoms with Crippen LogP contribution in [0.4, 0.5) is 4.79 Å². The molecule has 2 amide bonds. The molecule has 5 nitrogen and oxygen atoms in total. The van der Waals surface area contributed by atoms with Gasteiger partial charge in [0.25, 0.3) is 0 Å². The predicted molar refractivity (Wildman–Crippen MR) is 99.6 cm³/mol. The molecule has 0 aliphatic carbocycles. The Morgan fingerprint density at radius 2 is 1.92 bits per heavy atom. The molecule has 1 aliphatic rings. The smallest absolute Gasteiger partial charge is 0.317 e. The number of carbonyl (C=O) groups is 1. The van der Waals surface area contributed by atoms with E-state index < -0.39 is 0 Å². The van der Waals surface area contributed by atoms with Crippen molar-refractivity contribution < 1.29 is 14.6 Å². The first kappa shape index (κ1) is 19.6. The molecule has 25 heavy (non-hydrogen) atoms. The molecule has 1 aromatic rings. The van der Waals surface area contributed by atoms with Crippen LogP contribution in [-0.2, 0) is 6.54 Å². The van der Waals surface area contributed by atoms with Gasteiger partial charge in [-0.05, 0) is 48.3 Å². The highest BCUT2D eigenvalue weighted by atomic mass is 16.5. The highest BCUT2D eigenvalue weighted by Crippen LogP contribution is 2.34. The largest absolute Gasteiger partial charge is 0.493 e. The Morgan fingerprint density at radius 1 is 1.28 bits per heavy atom. The van der Waals surface area contributed by atoms with Crippen LogP contribution in [0.5, 0.6) is 5.75 Å². The summed E-state index contributed by atoms with van der Waals surface area (Å²) in [6, 6.07) is 7.84. The standard InChI is InChI=1S/C20H32N2O3/c1-4-20(15-23)9-11-22(12-10-20)19(24)21-13-17-5-7-18(8-6-17)25-14-16(2)3/h5-8,16,23H,4,9-15H2,1-3H3,(H,21,24). The first-order valence-electron chi connectivity index (χ1n) is 9.33. The van der Waals surface area contributed by atoms with Gasteiger partial charge in [-0.25, -0.2) is 4.79 Å². The molecule has 0 spiro atoms. The van der Waals surface area contributed by atoms with E-state index in [9.17, 15) is 9.90 Å². The quantitative estimate of drug-likeness (QED) is 0.794. The van der Waals surface area contributed by atoms with Crippen LogP contribution in [0, 0.1) is 11.3 Å². The van der Waals surface area contributed by atoms with Crippen molar-refractivity contribution in [3.8, 4) is 5.75 Å². The Bertz CT molecular complexity index is 528. The second-order valence-corrected chi connectivity index (χ2v) is 7.51. The number of likely N-dealkylation sites (tertiary alicyclic amines) is 1. The average molecular weight is 348 g/mol. The first-order chi connectivity index (χ1) is 12.0. The zero-order valence-corrected chi connectivity index (χ0v) is 15.8. The lowest BCUT2D eigenvalue weighted by Gasteiger charge is -2.40. The molecule has 1 heterocycles. The summed E-state index contributed by atoms with van der Waals surface area (Å²) in [5.74, 6) is 1.36. The summed E-state index contributed by atoms with van der Waals surface area (Å²) in [5, 5.41) is 12.6. The fourth-order valence-corrected chi connectivity index (χ4v) is 3.06. The zero-order valence-electron chi connectivity index (χ0n) is 15.8. The minimum absolute atomic E-state index is 0.00258. The number of ether oxygens (including phenoxy) is 1. The summed E-state index contributed by atoms with van der Waals surface area (Å²) in [5.41, 5.74) is 1.06. The Balaban J connectivity index is 1.77. The topological polar surface area (TPSA) is 61.8 Å². The van der Waals surface area contributed by atoms with Crippen LogP contribution in [0.2, 0.25) is 0 Å². The molecule has 2 N–H and O–H groups in total. The number of carbonyl (C=O) groups excluding carboxylic acids is 1. The third kappa shape index (κ3) is 5.63. The molecule has 2 rings (SSSR count).